The summed E-state index contributed by atoms with van der Waals surface area (Å²) in [7, 11) is 2.43. The fourth-order valence-corrected chi connectivity index (χ4v) is 3.74. The van der Waals surface area contributed by atoms with Gasteiger partial charge in [-0.2, -0.15) is 50.5 Å². The molecule has 0 spiro atoms. The van der Waals surface area contributed by atoms with Crippen LogP contribution >= 0.6 is 72.1 Å². The van der Waals surface area contributed by atoms with E-state index >= 15 is 0 Å². The van der Waals surface area contributed by atoms with E-state index < -0.39 is 36.1 Å². The first-order valence-electron chi connectivity index (χ1n) is 7.74. The van der Waals surface area contributed by atoms with Gasteiger partial charge in [-0.25, -0.2) is 0 Å². The second-order valence-corrected chi connectivity index (χ2v) is 8.61. The van der Waals surface area contributed by atoms with Crippen LogP contribution in [0.4, 0.5) is 0 Å². The Kier molecular flexibility index (Phi) is 17.8. The quantitative estimate of drug-likeness (QED) is 0.0838. The van der Waals surface area contributed by atoms with Crippen LogP contribution in [0, 0.1) is 0 Å². The van der Waals surface area contributed by atoms with Gasteiger partial charge >= 0.3 is 23.9 Å². The highest BCUT2D eigenvalue weighted by molar-refractivity contribution is 8.76. The van der Waals surface area contributed by atoms with Crippen LogP contribution in [0.3, 0.4) is 0 Å². The molecule has 0 heterocycles. The largest absolute Gasteiger partial charge is 0.461 e. The lowest BCUT2D eigenvalue weighted by Crippen LogP contribution is -2.28. The maximum Gasteiger partial charge on any atom is 0.316 e. The van der Waals surface area contributed by atoms with Crippen molar-refractivity contribution < 1.29 is 38.1 Å². The minimum Gasteiger partial charge on any atom is -0.461 e. The van der Waals surface area contributed by atoms with E-state index in [1.165, 1.54) is 21.6 Å². The van der Waals surface area contributed by atoms with Crippen LogP contribution in [-0.2, 0) is 38.1 Å². The maximum atomic E-state index is 11.7. The first kappa shape index (κ1) is 28.0. The zero-order valence-electron chi connectivity index (χ0n) is 14.7. The molecule has 28 heavy (non-hydrogen) atoms. The van der Waals surface area contributed by atoms with Crippen molar-refractivity contribution in [3.63, 3.8) is 0 Å². The number of rotatable bonds is 15. The molecular formula is C14H22O8S6. The van der Waals surface area contributed by atoms with Gasteiger partial charge in [-0.15, -0.1) is 0 Å². The van der Waals surface area contributed by atoms with Crippen molar-refractivity contribution >= 4 is 96.0 Å². The van der Waals surface area contributed by atoms with Crippen LogP contribution in [0.5, 0.6) is 0 Å². The Morgan fingerprint density at radius 2 is 1.18 bits per heavy atom. The molecule has 2 unspecified atom stereocenters. The molecule has 2 atom stereocenters. The summed E-state index contributed by atoms with van der Waals surface area (Å²) in [5, 5.41) is 0. The summed E-state index contributed by atoms with van der Waals surface area (Å²) in [6.07, 6.45) is -1.32. The van der Waals surface area contributed by atoms with Gasteiger partial charge in [-0.05, 0) is 0 Å². The summed E-state index contributed by atoms with van der Waals surface area (Å²) in [5.74, 6) is -1.86. The molecule has 0 radical (unpaired) electrons. The number of hydrogen-bond acceptors (Lipinski definition) is 14. The molecule has 162 valence electrons. The Bertz CT molecular complexity index is 506. The molecule has 0 fully saturated rings. The fourth-order valence-electron chi connectivity index (χ4n) is 1.36. The molecule has 0 aromatic heterocycles. The van der Waals surface area contributed by atoms with Crippen LogP contribution in [-0.4, -0.2) is 83.8 Å². The monoisotopic (exact) mass is 510 g/mol. The lowest BCUT2D eigenvalue weighted by molar-refractivity contribution is -0.154. The summed E-state index contributed by atoms with van der Waals surface area (Å²) in [4.78, 5) is 45.4. The molecule has 0 saturated carbocycles. The zero-order valence-corrected chi connectivity index (χ0v) is 19.9. The van der Waals surface area contributed by atoms with Crippen molar-refractivity contribution in [2.75, 3.05) is 47.7 Å². The molecule has 8 nitrogen and oxygen atoms in total. The van der Waals surface area contributed by atoms with E-state index in [-0.39, 0.29) is 47.7 Å². The number of hydrogen-bond donors (Lipinski definition) is 4. The molecule has 0 N–H and O–H groups in total. The van der Waals surface area contributed by atoms with E-state index in [4.69, 9.17) is 18.9 Å². The molecule has 0 saturated heterocycles. The number of carbonyl (C=O) groups excluding carboxylic acids is 4. The smallest absolute Gasteiger partial charge is 0.316 e. The van der Waals surface area contributed by atoms with E-state index in [1.54, 1.807) is 0 Å². The second-order valence-electron chi connectivity index (χ2n) is 4.79. The third-order valence-electron chi connectivity index (χ3n) is 2.56. The molecule has 0 aliphatic carbocycles. The summed E-state index contributed by atoms with van der Waals surface area (Å²) < 4.78 is 20.0. The third-order valence-corrected chi connectivity index (χ3v) is 6.03. The minimum atomic E-state index is -0.675. The molecule has 0 aliphatic rings. The Hall–Kier alpha value is -0.0200. The van der Waals surface area contributed by atoms with Gasteiger partial charge in [-0.3, -0.25) is 19.2 Å². The van der Waals surface area contributed by atoms with E-state index in [0.29, 0.717) is 0 Å². The molecule has 0 bridgehead atoms. The van der Waals surface area contributed by atoms with Crippen molar-refractivity contribution in [2.24, 2.45) is 0 Å². The first-order chi connectivity index (χ1) is 13.4. The third kappa shape index (κ3) is 14.9. The zero-order chi connectivity index (χ0) is 21.4. The number of esters is 4. The van der Waals surface area contributed by atoms with Crippen molar-refractivity contribution in [2.45, 2.75) is 12.2 Å². The lowest BCUT2D eigenvalue weighted by atomic mass is 10.4. The van der Waals surface area contributed by atoms with E-state index in [2.05, 4.69) is 50.5 Å². The SMILES string of the molecule is O=C(CS)OCC(CSSCC(=O)OCC(CS)OC(=O)CS)OC(=O)CS. The predicted molar refractivity (Wildman–Crippen MR) is 122 cm³/mol. The lowest BCUT2D eigenvalue weighted by Gasteiger charge is -2.17. The van der Waals surface area contributed by atoms with Crippen LogP contribution in [0.1, 0.15) is 0 Å². The van der Waals surface area contributed by atoms with Crippen LogP contribution < -0.4 is 0 Å². The summed E-state index contributed by atoms with van der Waals surface area (Å²) in [6.45, 7) is -0.216. The van der Waals surface area contributed by atoms with E-state index in [0.717, 1.165) is 0 Å². The Morgan fingerprint density at radius 3 is 1.71 bits per heavy atom. The second kappa shape index (κ2) is 17.8. The van der Waals surface area contributed by atoms with Gasteiger partial charge in [0, 0.05) is 11.5 Å². The van der Waals surface area contributed by atoms with Crippen molar-refractivity contribution in [1.82, 2.24) is 0 Å². The average Bonchev–Trinajstić information content (AvgIpc) is 2.71. The number of ether oxygens (including phenoxy) is 4. The summed E-state index contributed by atoms with van der Waals surface area (Å²) in [5.41, 5.74) is 0. The van der Waals surface area contributed by atoms with Crippen LogP contribution in [0.25, 0.3) is 0 Å². The van der Waals surface area contributed by atoms with Crippen molar-refractivity contribution in [3.05, 3.63) is 0 Å². The Labute approximate surface area is 193 Å². The highest BCUT2D eigenvalue weighted by atomic mass is 33.1. The molecule has 0 rings (SSSR count). The van der Waals surface area contributed by atoms with Gasteiger partial charge in [0.15, 0.2) is 0 Å². The van der Waals surface area contributed by atoms with Gasteiger partial charge in [0.1, 0.15) is 31.2 Å². The molecule has 0 aromatic rings. The molecule has 0 aliphatic heterocycles. The van der Waals surface area contributed by atoms with E-state index in [9.17, 15) is 19.2 Å². The highest BCUT2D eigenvalue weighted by Crippen LogP contribution is 2.23. The summed E-state index contributed by atoms with van der Waals surface area (Å²) >= 11 is 15.4. The standard InChI is InChI=1S/C14H22O8S6/c15-11(4-24)19-2-10(22-13(17)6-26)7-27-28-8-14(18)20-1-9(3-23)21-12(16)5-25/h9-10,23-26H,1-8H2. The number of carbonyl (C=O) groups is 4. The fraction of sp³-hybridized carbons (Fsp3) is 0.714. The minimum absolute atomic E-state index is 0.0220. The Morgan fingerprint density at radius 1 is 0.679 bits per heavy atom. The van der Waals surface area contributed by atoms with Crippen molar-refractivity contribution in [3.8, 4) is 0 Å². The first-order valence-corrected chi connectivity index (χ1v) is 12.8. The van der Waals surface area contributed by atoms with Crippen LogP contribution in [0.15, 0.2) is 0 Å². The highest BCUT2D eigenvalue weighted by Gasteiger charge is 2.18. The Balaban J connectivity index is 4.17. The van der Waals surface area contributed by atoms with Gasteiger partial charge in [0.05, 0.1) is 17.3 Å². The predicted octanol–water partition coefficient (Wildman–Crippen LogP) is 0.997. The van der Waals surface area contributed by atoms with Crippen molar-refractivity contribution in [1.29, 1.82) is 0 Å². The molecular weight excluding hydrogens is 489 g/mol. The van der Waals surface area contributed by atoms with Crippen LogP contribution in [0.2, 0.25) is 0 Å². The number of thiol groups is 4. The summed E-state index contributed by atoms with van der Waals surface area (Å²) in [6, 6.07) is 0. The topological polar surface area (TPSA) is 105 Å². The molecule has 0 aromatic carbocycles. The molecule has 14 heteroatoms. The molecule has 0 amide bonds. The average molecular weight is 511 g/mol. The van der Waals surface area contributed by atoms with Gasteiger partial charge in [0.25, 0.3) is 0 Å². The maximum absolute atomic E-state index is 11.7. The van der Waals surface area contributed by atoms with E-state index in [1.807, 2.05) is 0 Å². The normalized spacial score (nSPS) is 12.6. The van der Waals surface area contributed by atoms with Gasteiger partial charge in [0.2, 0.25) is 0 Å². The van der Waals surface area contributed by atoms with Gasteiger partial charge in [-0.1, -0.05) is 21.6 Å². The van der Waals surface area contributed by atoms with Gasteiger partial charge < -0.3 is 18.9 Å².